The molecule has 2 rings (SSSR count). The van der Waals surface area contributed by atoms with E-state index in [0.717, 1.165) is 57.6 Å². The van der Waals surface area contributed by atoms with Gasteiger partial charge in [0.15, 0.2) is 0 Å². The summed E-state index contributed by atoms with van der Waals surface area (Å²) in [6, 6.07) is 0. The molecule has 0 bridgehead atoms. The van der Waals surface area contributed by atoms with Crippen molar-refractivity contribution < 1.29 is 33.0 Å². The lowest BCUT2D eigenvalue weighted by molar-refractivity contribution is -0.147. The summed E-state index contributed by atoms with van der Waals surface area (Å²) in [4.78, 5) is 31.0. The van der Waals surface area contributed by atoms with E-state index < -0.39 is 20.2 Å². The van der Waals surface area contributed by atoms with E-state index in [0.29, 0.717) is 0 Å². The molecule has 26 heavy (non-hydrogen) atoms. The van der Waals surface area contributed by atoms with Gasteiger partial charge in [0.1, 0.15) is 12.2 Å². The highest BCUT2D eigenvalue weighted by atomic mass is 31.1. The van der Waals surface area contributed by atoms with Gasteiger partial charge in [-0.15, -0.1) is 0 Å². The van der Waals surface area contributed by atoms with Gasteiger partial charge in [-0.25, -0.2) is 14.2 Å². The van der Waals surface area contributed by atoms with Gasteiger partial charge in [0.25, 0.3) is 0 Å². The normalized spacial score (nSPS) is 19.7. The maximum Gasteiger partial charge on any atom is 0.364 e. The van der Waals surface area contributed by atoms with Crippen molar-refractivity contribution in [1.82, 2.24) is 0 Å². The zero-order valence-electron chi connectivity index (χ0n) is 15.1. The van der Waals surface area contributed by atoms with Crippen LogP contribution in [0.3, 0.4) is 0 Å². The van der Waals surface area contributed by atoms with Crippen molar-refractivity contribution >= 4 is 20.2 Å². The van der Waals surface area contributed by atoms with Crippen LogP contribution in [0.5, 0.6) is 0 Å². The molecule has 0 aromatic heterocycles. The molecular formula is C18H29O7P. The molecule has 0 saturated heterocycles. The van der Waals surface area contributed by atoms with E-state index in [1.54, 1.807) is 0 Å². The van der Waals surface area contributed by atoms with Crippen molar-refractivity contribution in [3.05, 3.63) is 25.0 Å². The molecule has 0 aliphatic heterocycles. The molecule has 2 fully saturated rings. The summed E-state index contributed by atoms with van der Waals surface area (Å²) in [5, 5.41) is 0. The zero-order valence-corrected chi connectivity index (χ0v) is 16.1. The van der Waals surface area contributed by atoms with E-state index in [9.17, 15) is 14.2 Å². The van der Waals surface area contributed by atoms with Crippen LogP contribution >= 0.6 is 8.25 Å². The van der Waals surface area contributed by atoms with Crippen LogP contribution in [0.1, 0.15) is 64.2 Å². The van der Waals surface area contributed by atoms with E-state index in [2.05, 4.69) is 11.1 Å². The fourth-order valence-corrected chi connectivity index (χ4v) is 3.12. The quantitative estimate of drug-likeness (QED) is 0.319. The predicted molar refractivity (Wildman–Crippen MR) is 97.6 cm³/mol. The third kappa shape index (κ3) is 11.1. The molecule has 1 N–H and O–H groups in total. The Morgan fingerprint density at radius 3 is 1.50 bits per heavy atom. The van der Waals surface area contributed by atoms with Gasteiger partial charge < -0.3 is 18.9 Å². The summed E-state index contributed by atoms with van der Waals surface area (Å²) in [5.41, 5.74) is 0. The lowest BCUT2D eigenvalue weighted by Gasteiger charge is -2.21. The van der Waals surface area contributed by atoms with E-state index in [-0.39, 0.29) is 12.2 Å². The van der Waals surface area contributed by atoms with E-state index in [4.69, 9.17) is 14.4 Å². The lowest BCUT2D eigenvalue weighted by Crippen LogP contribution is -2.21. The van der Waals surface area contributed by atoms with Crippen LogP contribution in [0.4, 0.5) is 0 Å². The Bertz CT molecular complexity index is 458. The number of rotatable bonds is 6. The monoisotopic (exact) mass is 388 g/mol. The first-order valence-electron chi connectivity index (χ1n) is 9.11. The number of esters is 2. The highest BCUT2D eigenvalue weighted by molar-refractivity contribution is 7.32. The second-order valence-electron chi connectivity index (χ2n) is 6.28. The van der Waals surface area contributed by atoms with Gasteiger partial charge in [-0.3, -0.25) is 0 Å². The molecule has 0 radical (unpaired) electrons. The highest BCUT2D eigenvalue weighted by Crippen LogP contribution is 2.21. The van der Waals surface area contributed by atoms with Gasteiger partial charge in [0.05, 0.1) is 6.26 Å². The maximum absolute atomic E-state index is 11.6. The molecule has 1 unspecified atom stereocenters. The summed E-state index contributed by atoms with van der Waals surface area (Å²) in [7, 11) is -2.75. The summed E-state index contributed by atoms with van der Waals surface area (Å²) < 4.78 is 24.0. The van der Waals surface area contributed by atoms with Crippen LogP contribution < -0.4 is 0 Å². The van der Waals surface area contributed by atoms with Crippen LogP contribution in [0.15, 0.2) is 25.0 Å². The Labute approximate surface area is 155 Å². The molecule has 2 aliphatic rings. The third-order valence-corrected chi connectivity index (χ3v) is 4.58. The van der Waals surface area contributed by atoms with Gasteiger partial charge in [-0.1, -0.05) is 19.4 Å². The molecule has 0 heterocycles. The molecule has 0 spiro atoms. The fraction of sp³-hybridized carbons (Fsp3) is 0.667. The summed E-state index contributed by atoms with van der Waals surface area (Å²) in [6.45, 7) is 3.04. The molecule has 0 amide bonds. The van der Waals surface area contributed by atoms with Crippen LogP contribution in [0.2, 0.25) is 0 Å². The maximum atomic E-state index is 11.6. The summed E-state index contributed by atoms with van der Waals surface area (Å²) in [5.74, 6) is -0.866. The number of hydrogen-bond donors (Lipinski definition) is 1. The van der Waals surface area contributed by atoms with E-state index in [1.165, 1.54) is 25.0 Å². The van der Waals surface area contributed by atoms with Gasteiger partial charge in [-0.05, 0) is 51.4 Å². The first kappa shape index (κ1) is 22.5. The SMILES string of the molecule is C=CO[PH](=O)O.O=C(/C=C\C(=O)OC1CCCCC1)OC1CCCCC1. The van der Waals surface area contributed by atoms with Crippen molar-refractivity contribution in [2.24, 2.45) is 0 Å². The summed E-state index contributed by atoms with van der Waals surface area (Å²) in [6.07, 6.45) is 14.0. The first-order valence-corrected chi connectivity index (χ1v) is 10.4. The van der Waals surface area contributed by atoms with Crippen molar-refractivity contribution in [2.75, 3.05) is 0 Å². The highest BCUT2D eigenvalue weighted by Gasteiger charge is 2.18. The lowest BCUT2D eigenvalue weighted by atomic mass is 9.98. The molecule has 148 valence electrons. The average Bonchev–Trinajstić information content (AvgIpc) is 2.62. The molecule has 7 nitrogen and oxygen atoms in total. The number of ether oxygens (including phenoxy) is 2. The van der Waals surface area contributed by atoms with Crippen LogP contribution in [-0.2, 0) is 28.2 Å². The average molecular weight is 388 g/mol. The van der Waals surface area contributed by atoms with Crippen molar-refractivity contribution in [3.63, 3.8) is 0 Å². The first-order chi connectivity index (χ1) is 12.5. The Hall–Kier alpha value is -1.59. The number of hydrogen-bond acceptors (Lipinski definition) is 6. The molecule has 2 aliphatic carbocycles. The minimum Gasteiger partial charge on any atom is -0.459 e. The Morgan fingerprint density at radius 1 is 0.846 bits per heavy atom. The largest absolute Gasteiger partial charge is 0.459 e. The molecule has 0 aromatic rings. The minimum atomic E-state index is -2.75. The second-order valence-corrected chi connectivity index (χ2v) is 7.05. The van der Waals surface area contributed by atoms with Crippen molar-refractivity contribution in [3.8, 4) is 0 Å². The minimum absolute atomic E-state index is 0.0234. The third-order valence-electron chi connectivity index (χ3n) is 4.21. The van der Waals surface area contributed by atoms with Crippen LogP contribution in [0, 0.1) is 0 Å². The van der Waals surface area contributed by atoms with Crippen LogP contribution in [-0.4, -0.2) is 29.0 Å². The van der Waals surface area contributed by atoms with Crippen molar-refractivity contribution in [1.29, 1.82) is 0 Å². The molecule has 0 aromatic carbocycles. The Kier molecular flexibility index (Phi) is 11.7. The van der Waals surface area contributed by atoms with Crippen molar-refractivity contribution in [2.45, 2.75) is 76.4 Å². The fourth-order valence-electron chi connectivity index (χ4n) is 2.98. The number of carbonyl (C=O) groups is 2. The molecule has 1 atom stereocenters. The Balaban J connectivity index is 0.000000487. The second kappa shape index (κ2) is 13.6. The summed E-state index contributed by atoms with van der Waals surface area (Å²) >= 11 is 0. The molecule has 2 saturated carbocycles. The molecular weight excluding hydrogens is 359 g/mol. The number of carbonyl (C=O) groups excluding carboxylic acids is 2. The smallest absolute Gasteiger partial charge is 0.364 e. The molecule has 8 heteroatoms. The van der Waals surface area contributed by atoms with E-state index >= 15 is 0 Å². The predicted octanol–water partition coefficient (Wildman–Crippen LogP) is 3.82. The van der Waals surface area contributed by atoms with Gasteiger partial charge in [0, 0.05) is 12.2 Å². The van der Waals surface area contributed by atoms with Gasteiger partial charge in [-0.2, -0.15) is 0 Å². The Morgan fingerprint density at radius 2 is 1.23 bits per heavy atom. The topological polar surface area (TPSA) is 99.1 Å². The van der Waals surface area contributed by atoms with Gasteiger partial charge in [0.2, 0.25) is 0 Å². The standard InChI is InChI=1S/C16H24O4.C2H5O3P/c17-15(19-13-7-3-1-4-8-13)11-12-16(18)20-14-9-5-2-6-10-14;1-2-5-6(3)4/h11-14H,1-10H2;2,6H,1H2,(H,3,4)/b12-11-;. The van der Waals surface area contributed by atoms with Gasteiger partial charge >= 0.3 is 20.2 Å². The van der Waals surface area contributed by atoms with E-state index in [1.807, 2.05) is 0 Å². The zero-order chi connectivity index (χ0) is 19.2. The van der Waals surface area contributed by atoms with Crippen LogP contribution in [0.25, 0.3) is 0 Å².